The lowest BCUT2D eigenvalue weighted by Crippen LogP contribution is -2.09. The first kappa shape index (κ1) is 15.2. The van der Waals surface area contributed by atoms with Crippen molar-refractivity contribution in [2.45, 2.75) is 33.6 Å². The van der Waals surface area contributed by atoms with Gasteiger partial charge < -0.3 is 10.6 Å². The van der Waals surface area contributed by atoms with Gasteiger partial charge in [-0.2, -0.15) is 0 Å². The fourth-order valence-corrected chi connectivity index (χ4v) is 2.24. The molecule has 0 spiro atoms. The molecule has 1 aromatic heterocycles. The lowest BCUT2D eigenvalue weighted by molar-refractivity contribution is 0.630. The zero-order valence-corrected chi connectivity index (χ0v) is 12.7. The third-order valence-corrected chi connectivity index (χ3v) is 3.25. The number of nitrogens with zero attached hydrogens (tertiary/aromatic N) is 2. The minimum Gasteiger partial charge on any atom is -0.370 e. The van der Waals surface area contributed by atoms with Crippen LogP contribution in [0.5, 0.6) is 0 Å². The zero-order chi connectivity index (χ0) is 15.2. The first-order valence-corrected chi connectivity index (χ1v) is 7.27. The molecule has 0 bridgehead atoms. The number of anilines is 3. The van der Waals surface area contributed by atoms with Crippen molar-refractivity contribution in [1.29, 1.82) is 0 Å². The largest absolute Gasteiger partial charge is 0.370 e. The molecular weight excluding hydrogens is 267 g/mol. The summed E-state index contributed by atoms with van der Waals surface area (Å²) < 4.78 is 14.0. The number of nitrogens with one attached hydrogen (secondary N) is 2. The molecule has 0 unspecified atom stereocenters. The number of aryl methyl sites for hydroxylation is 1. The van der Waals surface area contributed by atoms with Crippen molar-refractivity contribution in [3.63, 3.8) is 0 Å². The minimum atomic E-state index is -0.277. The quantitative estimate of drug-likeness (QED) is 0.842. The molecule has 4 nitrogen and oxygen atoms in total. The van der Waals surface area contributed by atoms with Crippen molar-refractivity contribution >= 4 is 17.3 Å². The maximum Gasteiger partial charge on any atom is 0.146 e. The molecule has 0 radical (unpaired) electrons. The van der Waals surface area contributed by atoms with Gasteiger partial charge in [0.2, 0.25) is 0 Å². The molecule has 5 heteroatoms. The summed E-state index contributed by atoms with van der Waals surface area (Å²) in [6.07, 6.45) is 3.30. The summed E-state index contributed by atoms with van der Waals surface area (Å²) in [6.45, 7) is 6.77. The third kappa shape index (κ3) is 3.48. The van der Waals surface area contributed by atoms with Crippen LogP contribution in [0.15, 0.2) is 24.5 Å². The van der Waals surface area contributed by atoms with E-state index in [1.165, 1.54) is 12.4 Å². The van der Waals surface area contributed by atoms with E-state index in [9.17, 15) is 4.39 Å². The molecule has 2 rings (SSSR count). The normalized spacial score (nSPS) is 10.5. The Hall–Kier alpha value is -2.17. The Labute approximate surface area is 124 Å². The van der Waals surface area contributed by atoms with E-state index in [0.29, 0.717) is 11.5 Å². The Kier molecular flexibility index (Phi) is 5.09. The summed E-state index contributed by atoms with van der Waals surface area (Å²) in [5, 5.41) is 6.36. The van der Waals surface area contributed by atoms with Crippen LogP contribution in [0.3, 0.4) is 0 Å². The Morgan fingerprint density at radius 3 is 2.57 bits per heavy atom. The van der Waals surface area contributed by atoms with Crippen molar-refractivity contribution < 1.29 is 4.39 Å². The van der Waals surface area contributed by atoms with Crippen molar-refractivity contribution in [3.8, 4) is 0 Å². The molecule has 2 aromatic rings. The molecular formula is C16H21FN4. The van der Waals surface area contributed by atoms with Crippen molar-refractivity contribution in [2.24, 2.45) is 0 Å². The van der Waals surface area contributed by atoms with E-state index in [1.54, 1.807) is 6.07 Å². The zero-order valence-electron chi connectivity index (χ0n) is 12.7. The van der Waals surface area contributed by atoms with Gasteiger partial charge in [-0.05, 0) is 31.9 Å². The molecule has 0 aliphatic heterocycles. The predicted octanol–water partition coefficient (Wildman–Crippen LogP) is 4.05. The molecule has 0 saturated carbocycles. The van der Waals surface area contributed by atoms with Crippen LogP contribution < -0.4 is 10.6 Å². The van der Waals surface area contributed by atoms with Gasteiger partial charge in [0.15, 0.2) is 0 Å². The average Bonchev–Trinajstić information content (AvgIpc) is 2.46. The number of para-hydroxylation sites is 1. The molecule has 1 heterocycles. The number of aromatic nitrogens is 2. The summed E-state index contributed by atoms with van der Waals surface area (Å²) in [6, 6.07) is 5.02. The van der Waals surface area contributed by atoms with Crippen LogP contribution in [0, 0.1) is 12.7 Å². The summed E-state index contributed by atoms with van der Waals surface area (Å²) in [5.74, 6) is 1.20. The fourth-order valence-electron chi connectivity index (χ4n) is 2.24. The fraction of sp³-hybridized carbons (Fsp3) is 0.375. The molecule has 0 fully saturated rings. The maximum absolute atomic E-state index is 14.0. The van der Waals surface area contributed by atoms with Crippen molar-refractivity contribution in [3.05, 3.63) is 41.5 Å². The van der Waals surface area contributed by atoms with E-state index in [-0.39, 0.29) is 5.82 Å². The van der Waals surface area contributed by atoms with E-state index in [2.05, 4.69) is 27.5 Å². The van der Waals surface area contributed by atoms with Crippen molar-refractivity contribution in [1.82, 2.24) is 9.97 Å². The highest BCUT2D eigenvalue weighted by Gasteiger charge is 2.13. The smallest absolute Gasteiger partial charge is 0.146 e. The number of rotatable bonds is 6. The van der Waals surface area contributed by atoms with Crippen LogP contribution in [-0.4, -0.2) is 16.5 Å². The van der Waals surface area contributed by atoms with Crippen LogP contribution in [0.25, 0.3) is 0 Å². The highest BCUT2D eigenvalue weighted by atomic mass is 19.1. The van der Waals surface area contributed by atoms with E-state index in [1.807, 2.05) is 19.9 Å². The standard InChI is InChI=1S/C16H21FN4/c1-4-7-12-15(18-5-2)19-10-20-16(12)21-14-11(3)8-6-9-13(14)17/h6,8-10H,4-5,7H2,1-3H3,(H2,18,19,20,21). The highest BCUT2D eigenvalue weighted by molar-refractivity contribution is 5.67. The summed E-state index contributed by atoms with van der Waals surface area (Å²) in [7, 11) is 0. The Balaban J connectivity index is 2.41. The number of hydrogen-bond acceptors (Lipinski definition) is 4. The predicted molar refractivity (Wildman–Crippen MR) is 84.6 cm³/mol. The first-order chi connectivity index (χ1) is 10.2. The van der Waals surface area contributed by atoms with E-state index >= 15 is 0 Å². The monoisotopic (exact) mass is 288 g/mol. The van der Waals surface area contributed by atoms with Gasteiger partial charge >= 0.3 is 0 Å². The van der Waals surface area contributed by atoms with Gasteiger partial charge in [-0.3, -0.25) is 0 Å². The summed E-state index contributed by atoms with van der Waals surface area (Å²) >= 11 is 0. The van der Waals surface area contributed by atoms with Gasteiger partial charge in [-0.1, -0.05) is 25.5 Å². The van der Waals surface area contributed by atoms with E-state index in [0.717, 1.165) is 36.3 Å². The minimum absolute atomic E-state index is 0.277. The van der Waals surface area contributed by atoms with Crippen molar-refractivity contribution in [2.75, 3.05) is 17.2 Å². The summed E-state index contributed by atoms with van der Waals surface area (Å²) in [4.78, 5) is 8.57. The van der Waals surface area contributed by atoms with Gasteiger partial charge in [0, 0.05) is 12.1 Å². The van der Waals surface area contributed by atoms with Crippen LogP contribution >= 0.6 is 0 Å². The number of hydrogen-bond donors (Lipinski definition) is 2. The molecule has 0 aliphatic carbocycles. The van der Waals surface area contributed by atoms with E-state index < -0.39 is 0 Å². The molecule has 0 saturated heterocycles. The highest BCUT2D eigenvalue weighted by Crippen LogP contribution is 2.28. The second-order valence-corrected chi connectivity index (χ2v) is 4.89. The molecule has 2 N–H and O–H groups in total. The lowest BCUT2D eigenvalue weighted by atomic mass is 10.1. The molecule has 0 atom stereocenters. The first-order valence-electron chi connectivity index (χ1n) is 7.27. The van der Waals surface area contributed by atoms with Gasteiger partial charge in [0.25, 0.3) is 0 Å². The van der Waals surface area contributed by atoms with Crippen LogP contribution in [0.4, 0.5) is 21.7 Å². The third-order valence-electron chi connectivity index (χ3n) is 3.25. The average molecular weight is 288 g/mol. The number of benzene rings is 1. The van der Waals surface area contributed by atoms with Gasteiger partial charge in [-0.15, -0.1) is 0 Å². The number of halogens is 1. The SMILES string of the molecule is CCCc1c(NCC)ncnc1Nc1c(C)cccc1F. The second kappa shape index (κ2) is 7.02. The molecule has 0 amide bonds. The Bertz CT molecular complexity index is 593. The lowest BCUT2D eigenvalue weighted by Gasteiger charge is -2.16. The molecule has 21 heavy (non-hydrogen) atoms. The van der Waals surface area contributed by atoms with Crippen LogP contribution in [-0.2, 0) is 6.42 Å². The van der Waals surface area contributed by atoms with Gasteiger partial charge in [0.05, 0.1) is 5.69 Å². The van der Waals surface area contributed by atoms with Gasteiger partial charge in [-0.25, -0.2) is 14.4 Å². The second-order valence-electron chi connectivity index (χ2n) is 4.89. The van der Waals surface area contributed by atoms with E-state index in [4.69, 9.17) is 0 Å². The molecule has 1 aromatic carbocycles. The Morgan fingerprint density at radius 1 is 1.14 bits per heavy atom. The molecule has 112 valence electrons. The van der Waals surface area contributed by atoms with Gasteiger partial charge in [0.1, 0.15) is 23.8 Å². The maximum atomic E-state index is 14.0. The topological polar surface area (TPSA) is 49.8 Å². The summed E-state index contributed by atoms with van der Waals surface area (Å²) in [5.41, 5.74) is 2.31. The van der Waals surface area contributed by atoms with Crippen LogP contribution in [0.1, 0.15) is 31.4 Å². The molecule has 0 aliphatic rings. The Morgan fingerprint density at radius 2 is 1.90 bits per heavy atom. The van der Waals surface area contributed by atoms with Crippen LogP contribution in [0.2, 0.25) is 0 Å².